The van der Waals surface area contributed by atoms with Gasteiger partial charge in [-0.15, -0.1) is 0 Å². The smallest absolute Gasteiger partial charge is 0.326 e. The van der Waals surface area contributed by atoms with E-state index in [1.54, 1.807) is 0 Å². The van der Waals surface area contributed by atoms with Crippen LogP contribution in [0.1, 0.15) is 22.3 Å². The van der Waals surface area contributed by atoms with Crippen molar-refractivity contribution >= 4 is 0 Å². The molecule has 0 saturated heterocycles. The van der Waals surface area contributed by atoms with E-state index in [-0.39, 0.29) is 23.2 Å². The third-order valence-corrected chi connectivity index (χ3v) is 3.29. The molecule has 2 aromatic carbocycles. The Morgan fingerprint density at radius 2 is 1.22 bits per heavy atom. The predicted molar refractivity (Wildman–Crippen MR) is 74.5 cm³/mol. The van der Waals surface area contributed by atoms with Crippen LogP contribution >= 0.6 is 0 Å². The quantitative estimate of drug-likeness (QED) is 0.755. The van der Waals surface area contributed by atoms with Crippen LogP contribution in [0.25, 0.3) is 11.1 Å². The molecule has 2 rings (SSSR count). The van der Waals surface area contributed by atoms with Crippen LogP contribution in [-0.4, -0.2) is 0 Å². The molecule has 23 heavy (non-hydrogen) atoms. The van der Waals surface area contributed by atoms with E-state index >= 15 is 0 Å². The Hall–Kier alpha value is -2.02. The van der Waals surface area contributed by atoms with E-state index in [4.69, 9.17) is 5.73 Å². The molecule has 0 atom stereocenters. The molecule has 0 aromatic heterocycles. The lowest BCUT2D eigenvalue weighted by Crippen LogP contribution is -2.08. The summed E-state index contributed by atoms with van der Waals surface area (Å²) < 4.78 is 77.4. The van der Waals surface area contributed by atoms with Crippen LogP contribution in [0.15, 0.2) is 36.4 Å². The summed E-state index contributed by atoms with van der Waals surface area (Å²) in [5, 5.41) is 0. The van der Waals surface area contributed by atoms with E-state index < -0.39 is 23.5 Å². The number of nitrogens with two attached hydrogens (primary N) is 1. The van der Waals surface area contributed by atoms with Crippen LogP contribution in [0.2, 0.25) is 0 Å². The van der Waals surface area contributed by atoms with Gasteiger partial charge in [0.1, 0.15) is 0 Å². The molecular weight excluding hydrogens is 320 g/mol. The van der Waals surface area contributed by atoms with Gasteiger partial charge in [0.05, 0.1) is 11.1 Å². The van der Waals surface area contributed by atoms with Gasteiger partial charge in [0.15, 0.2) is 0 Å². The fraction of sp³-hybridized carbons (Fsp3) is 0.250. The summed E-state index contributed by atoms with van der Waals surface area (Å²) in [6.07, 6.45) is -9.17. The molecule has 0 amide bonds. The van der Waals surface area contributed by atoms with Crippen LogP contribution in [0.4, 0.5) is 26.3 Å². The Balaban J connectivity index is 2.64. The van der Waals surface area contributed by atoms with Crippen molar-refractivity contribution in [2.45, 2.75) is 25.8 Å². The SMILES string of the molecule is Cc1cc(-c2cc(CN)cc(C(F)(F)F)c2)cc(C(F)(F)F)c1. The van der Waals surface area contributed by atoms with Gasteiger partial charge in [-0.3, -0.25) is 0 Å². The minimum atomic E-state index is -4.60. The Labute approximate surface area is 128 Å². The highest BCUT2D eigenvalue weighted by Gasteiger charge is 2.33. The fourth-order valence-corrected chi connectivity index (χ4v) is 2.25. The number of hydrogen-bond donors (Lipinski definition) is 1. The summed E-state index contributed by atoms with van der Waals surface area (Å²) in [5.41, 5.74) is 4.17. The van der Waals surface area contributed by atoms with Gasteiger partial charge >= 0.3 is 12.4 Å². The van der Waals surface area contributed by atoms with Crippen LogP contribution < -0.4 is 5.73 Å². The summed E-state index contributed by atoms with van der Waals surface area (Å²) in [7, 11) is 0. The van der Waals surface area contributed by atoms with Crippen molar-refractivity contribution in [2.75, 3.05) is 0 Å². The maximum atomic E-state index is 12.9. The maximum Gasteiger partial charge on any atom is 0.416 e. The van der Waals surface area contributed by atoms with Crippen LogP contribution in [0.3, 0.4) is 0 Å². The standard InChI is InChI=1S/C16H13F6N/c1-9-2-11(6-13(3-9)15(17,18)19)12-4-10(8-23)5-14(7-12)16(20,21)22/h2-7H,8,23H2,1H3. The molecule has 2 aromatic rings. The number of alkyl halides is 6. The van der Waals surface area contributed by atoms with Gasteiger partial charge < -0.3 is 5.73 Å². The minimum absolute atomic E-state index is 0.0504. The molecule has 0 bridgehead atoms. The maximum absolute atomic E-state index is 12.9. The number of aryl methyl sites for hydroxylation is 1. The Kier molecular flexibility index (Phi) is 4.43. The van der Waals surface area contributed by atoms with Crippen molar-refractivity contribution < 1.29 is 26.3 Å². The highest BCUT2D eigenvalue weighted by Crippen LogP contribution is 2.36. The third kappa shape index (κ3) is 4.04. The van der Waals surface area contributed by atoms with Gasteiger partial charge in [-0.1, -0.05) is 6.07 Å². The van der Waals surface area contributed by atoms with Crippen molar-refractivity contribution in [3.63, 3.8) is 0 Å². The van der Waals surface area contributed by atoms with Gasteiger partial charge in [-0.2, -0.15) is 26.3 Å². The summed E-state index contributed by atoms with van der Waals surface area (Å²) in [6.45, 7) is 1.31. The summed E-state index contributed by atoms with van der Waals surface area (Å²) in [5.74, 6) is 0. The van der Waals surface area contributed by atoms with Gasteiger partial charge in [0.25, 0.3) is 0 Å². The molecule has 0 spiro atoms. The first-order valence-electron chi connectivity index (χ1n) is 6.61. The average molecular weight is 333 g/mol. The van der Waals surface area contributed by atoms with E-state index in [0.717, 1.165) is 24.3 Å². The molecule has 7 heteroatoms. The average Bonchev–Trinajstić information content (AvgIpc) is 2.44. The van der Waals surface area contributed by atoms with Gasteiger partial charge in [0.2, 0.25) is 0 Å². The van der Waals surface area contributed by atoms with Crippen LogP contribution in [0, 0.1) is 6.92 Å². The second-order valence-corrected chi connectivity index (χ2v) is 5.21. The zero-order valence-corrected chi connectivity index (χ0v) is 12.0. The number of rotatable bonds is 2. The van der Waals surface area contributed by atoms with Crippen molar-refractivity contribution in [2.24, 2.45) is 5.73 Å². The summed E-state index contributed by atoms with van der Waals surface area (Å²) >= 11 is 0. The predicted octanol–water partition coefficient (Wildman–Crippen LogP) is 5.16. The van der Waals surface area contributed by atoms with Crippen molar-refractivity contribution in [1.82, 2.24) is 0 Å². The van der Waals surface area contributed by atoms with Crippen LogP contribution in [-0.2, 0) is 18.9 Å². The molecule has 2 N–H and O–H groups in total. The molecule has 124 valence electrons. The van der Waals surface area contributed by atoms with Crippen molar-refractivity contribution in [1.29, 1.82) is 0 Å². The van der Waals surface area contributed by atoms with Gasteiger partial charge in [0, 0.05) is 6.54 Å². The monoisotopic (exact) mass is 333 g/mol. The largest absolute Gasteiger partial charge is 0.416 e. The normalized spacial score (nSPS) is 12.5. The molecule has 0 saturated carbocycles. The van der Waals surface area contributed by atoms with E-state index in [2.05, 4.69) is 0 Å². The third-order valence-electron chi connectivity index (χ3n) is 3.29. The first-order chi connectivity index (χ1) is 10.5. The first-order valence-corrected chi connectivity index (χ1v) is 6.61. The fourth-order valence-electron chi connectivity index (χ4n) is 2.25. The topological polar surface area (TPSA) is 26.0 Å². The van der Waals surface area contributed by atoms with Crippen molar-refractivity contribution in [3.05, 3.63) is 58.7 Å². The highest BCUT2D eigenvalue weighted by atomic mass is 19.4. The zero-order valence-electron chi connectivity index (χ0n) is 12.0. The molecule has 0 aliphatic rings. The molecular formula is C16H13F6N. The van der Waals surface area contributed by atoms with Gasteiger partial charge in [-0.25, -0.2) is 0 Å². The molecule has 0 fully saturated rings. The molecule has 0 unspecified atom stereocenters. The Morgan fingerprint density at radius 3 is 1.70 bits per heavy atom. The second kappa shape index (κ2) is 5.88. The Morgan fingerprint density at radius 1 is 0.739 bits per heavy atom. The lowest BCUT2D eigenvalue weighted by molar-refractivity contribution is -0.138. The number of hydrogen-bond acceptors (Lipinski definition) is 1. The molecule has 0 aliphatic heterocycles. The van der Waals surface area contributed by atoms with Gasteiger partial charge in [-0.05, 0) is 59.5 Å². The number of benzene rings is 2. The first kappa shape index (κ1) is 17.3. The van der Waals surface area contributed by atoms with E-state index in [1.807, 2.05) is 0 Å². The molecule has 0 radical (unpaired) electrons. The molecule has 1 nitrogen and oxygen atoms in total. The lowest BCUT2D eigenvalue weighted by Gasteiger charge is -2.14. The lowest BCUT2D eigenvalue weighted by atomic mass is 9.96. The number of halogens is 6. The van der Waals surface area contributed by atoms with E-state index in [9.17, 15) is 26.3 Å². The second-order valence-electron chi connectivity index (χ2n) is 5.21. The van der Waals surface area contributed by atoms with Crippen molar-refractivity contribution in [3.8, 4) is 11.1 Å². The van der Waals surface area contributed by atoms with E-state index in [0.29, 0.717) is 5.56 Å². The highest BCUT2D eigenvalue weighted by molar-refractivity contribution is 5.67. The van der Waals surface area contributed by atoms with E-state index in [1.165, 1.54) is 19.1 Å². The Bertz CT molecular complexity index is 715. The summed E-state index contributed by atoms with van der Waals surface area (Å²) in [6, 6.07) is 6.27. The zero-order chi connectivity index (χ0) is 17.4. The molecule has 0 heterocycles. The molecule has 0 aliphatic carbocycles. The van der Waals surface area contributed by atoms with Crippen LogP contribution in [0.5, 0.6) is 0 Å². The minimum Gasteiger partial charge on any atom is -0.326 e. The summed E-state index contributed by atoms with van der Waals surface area (Å²) in [4.78, 5) is 0.